The molecular weight excluding hydrogens is 183 g/mol. The predicted octanol–water partition coefficient (Wildman–Crippen LogP) is 3.58. The van der Waals surface area contributed by atoms with Crippen molar-refractivity contribution in [1.29, 1.82) is 0 Å². The van der Waals surface area contributed by atoms with Gasteiger partial charge in [-0.15, -0.1) is 0 Å². The molecule has 0 heterocycles. The molecule has 0 spiro atoms. The van der Waals surface area contributed by atoms with E-state index in [0.717, 1.165) is 6.42 Å². The Labute approximate surface area is 88.3 Å². The van der Waals surface area contributed by atoms with E-state index in [1.807, 2.05) is 13.8 Å². The molecule has 0 N–H and O–H groups in total. The van der Waals surface area contributed by atoms with Gasteiger partial charge in [0.05, 0.1) is 0 Å². The van der Waals surface area contributed by atoms with E-state index in [1.54, 1.807) is 0 Å². The molecule has 0 saturated heterocycles. The summed E-state index contributed by atoms with van der Waals surface area (Å²) in [6, 6.07) is 8.66. The number of rotatable bonds is 1. The van der Waals surface area contributed by atoms with Gasteiger partial charge in [0.15, 0.2) is 0 Å². The van der Waals surface area contributed by atoms with Crippen molar-refractivity contribution in [2.24, 2.45) is 0 Å². The second-order valence-electron chi connectivity index (χ2n) is 2.34. The first-order valence-electron chi connectivity index (χ1n) is 4.38. The van der Waals surface area contributed by atoms with E-state index in [0.29, 0.717) is 0 Å². The summed E-state index contributed by atoms with van der Waals surface area (Å²) in [6.45, 7) is 8.28. The zero-order valence-electron chi connectivity index (χ0n) is 8.46. The van der Waals surface area contributed by atoms with Crippen LogP contribution in [0.2, 0.25) is 0 Å². The van der Waals surface area contributed by atoms with Crippen LogP contribution in [0.1, 0.15) is 31.9 Å². The van der Waals surface area contributed by atoms with Gasteiger partial charge in [0.25, 0.3) is 0 Å². The van der Waals surface area contributed by atoms with E-state index >= 15 is 0 Å². The molecule has 1 aromatic carbocycles. The summed E-state index contributed by atoms with van der Waals surface area (Å²) in [5.74, 6) is 0. The van der Waals surface area contributed by atoms with Crippen molar-refractivity contribution in [2.75, 3.05) is 0 Å². The van der Waals surface area contributed by atoms with Gasteiger partial charge in [0.2, 0.25) is 0 Å². The van der Waals surface area contributed by atoms with E-state index in [2.05, 4.69) is 38.1 Å². The Bertz CT molecular complexity index is 177. The minimum absolute atomic E-state index is 0. The summed E-state index contributed by atoms with van der Waals surface area (Å²) in [5.41, 5.74) is 2.76. The molecule has 0 bridgehead atoms. The minimum Gasteiger partial charge on any atom is -0.0683 e. The molecule has 0 amide bonds. The Morgan fingerprint density at radius 3 is 1.75 bits per heavy atom. The average molecular weight is 201 g/mol. The van der Waals surface area contributed by atoms with E-state index in [9.17, 15) is 0 Å². The first kappa shape index (κ1) is 14.3. The topological polar surface area (TPSA) is 0 Å². The van der Waals surface area contributed by atoms with Gasteiger partial charge in [-0.3, -0.25) is 0 Å². The maximum Gasteiger partial charge on any atom is 0 e. The number of benzene rings is 1. The molecule has 0 aliphatic rings. The summed E-state index contributed by atoms with van der Waals surface area (Å²) in [6.07, 6.45) is 1.14. The van der Waals surface area contributed by atoms with Crippen LogP contribution in [0.3, 0.4) is 0 Å². The van der Waals surface area contributed by atoms with Crippen LogP contribution in [-0.4, -0.2) is 0 Å². The molecular formula is C11H18V. The van der Waals surface area contributed by atoms with Crippen molar-refractivity contribution >= 4 is 0 Å². The molecule has 67 valence electrons. The predicted molar refractivity (Wildman–Crippen MR) is 51.9 cm³/mol. The third kappa shape index (κ3) is 5.45. The first-order chi connectivity index (χ1) is 5.33. The van der Waals surface area contributed by atoms with Gasteiger partial charge in [-0.05, 0) is 18.9 Å². The largest absolute Gasteiger partial charge is 0.0683 e. The summed E-state index contributed by atoms with van der Waals surface area (Å²) in [5, 5.41) is 0. The molecule has 1 aromatic rings. The Hall–Kier alpha value is -0.196. The van der Waals surface area contributed by atoms with Crippen molar-refractivity contribution in [1.82, 2.24) is 0 Å². The molecule has 0 saturated carbocycles. The number of hydrogen-bond acceptors (Lipinski definition) is 0. The van der Waals surface area contributed by atoms with Crippen molar-refractivity contribution in [3.8, 4) is 0 Å². The molecule has 0 nitrogen and oxygen atoms in total. The quantitative estimate of drug-likeness (QED) is 0.651. The van der Waals surface area contributed by atoms with Gasteiger partial charge in [-0.2, -0.15) is 0 Å². The van der Waals surface area contributed by atoms with Crippen LogP contribution in [0.4, 0.5) is 0 Å². The smallest absolute Gasteiger partial charge is 0 e. The van der Waals surface area contributed by atoms with Crippen molar-refractivity contribution in [2.45, 2.75) is 34.1 Å². The SMILES string of the molecule is CC.CCc1ccc(C)cc1.[V]. The Balaban J connectivity index is 0. The van der Waals surface area contributed by atoms with E-state index in [-0.39, 0.29) is 18.6 Å². The zero-order chi connectivity index (χ0) is 8.69. The van der Waals surface area contributed by atoms with Crippen LogP contribution in [0.15, 0.2) is 24.3 Å². The monoisotopic (exact) mass is 201 g/mol. The van der Waals surface area contributed by atoms with Crippen LogP contribution in [0.25, 0.3) is 0 Å². The third-order valence-electron chi connectivity index (χ3n) is 1.53. The van der Waals surface area contributed by atoms with Gasteiger partial charge in [-0.1, -0.05) is 50.6 Å². The zero-order valence-corrected chi connectivity index (χ0v) is 9.86. The minimum atomic E-state index is 0. The van der Waals surface area contributed by atoms with Crippen molar-refractivity contribution in [3.05, 3.63) is 35.4 Å². The molecule has 0 atom stereocenters. The third-order valence-corrected chi connectivity index (χ3v) is 1.53. The van der Waals surface area contributed by atoms with Gasteiger partial charge < -0.3 is 0 Å². The maximum absolute atomic E-state index is 2.18. The van der Waals surface area contributed by atoms with Gasteiger partial charge in [0, 0.05) is 18.6 Å². The fourth-order valence-corrected chi connectivity index (χ4v) is 0.824. The van der Waals surface area contributed by atoms with Crippen LogP contribution < -0.4 is 0 Å². The van der Waals surface area contributed by atoms with E-state index in [1.165, 1.54) is 11.1 Å². The van der Waals surface area contributed by atoms with Crippen LogP contribution in [0.5, 0.6) is 0 Å². The maximum atomic E-state index is 2.18. The van der Waals surface area contributed by atoms with E-state index < -0.39 is 0 Å². The Morgan fingerprint density at radius 2 is 1.42 bits per heavy atom. The molecule has 0 aliphatic carbocycles. The molecule has 0 fully saturated rings. The van der Waals surface area contributed by atoms with Crippen LogP contribution >= 0.6 is 0 Å². The van der Waals surface area contributed by atoms with E-state index in [4.69, 9.17) is 0 Å². The van der Waals surface area contributed by atoms with Crippen molar-refractivity contribution in [3.63, 3.8) is 0 Å². The van der Waals surface area contributed by atoms with Gasteiger partial charge in [0.1, 0.15) is 0 Å². The molecule has 1 heteroatoms. The fourth-order valence-electron chi connectivity index (χ4n) is 0.824. The van der Waals surface area contributed by atoms with Gasteiger partial charge in [-0.25, -0.2) is 0 Å². The molecule has 12 heavy (non-hydrogen) atoms. The Morgan fingerprint density at radius 1 is 1.00 bits per heavy atom. The van der Waals surface area contributed by atoms with Gasteiger partial charge >= 0.3 is 0 Å². The summed E-state index contributed by atoms with van der Waals surface area (Å²) >= 11 is 0. The molecule has 0 aromatic heterocycles. The first-order valence-corrected chi connectivity index (χ1v) is 4.38. The summed E-state index contributed by atoms with van der Waals surface area (Å²) in [4.78, 5) is 0. The van der Waals surface area contributed by atoms with Crippen LogP contribution in [0, 0.1) is 6.92 Å². The molecule has 1 radical (unpaired) electrons. The molecule has 1 rings (SSSR count). The average Bonchev–Trinajstić information content (AvgIpc) is 2.10. The number of hydrogen-bond donors (Lipinski definition) is 0. The van der Waals surface area contributed by atoms with Crippen molar-refractivity contribution < 1.29 is 18.6 Å². The second kappa shape index (κ2) is 8.90. The summed E-state index contributed by atoms with van der Waals surface area (Å²) < 4.78 is 0. The Kier molecular flexibility index (Phi) is 10.6. The van der Waals surface area contributed by atoms with Crippen LogP contribution in [-0.2, 0) is 25.0 Å². The standard InChI is InChI=1S/C9H12.C2H6.V/c1-3-9-6-4-8(2)5-7-9;1-2;/h4-7H,3H2,1-2H3;1-2H3;. The molecule has 0 aliphatic heterocycles. The molecule has 0 unspecified atom stereocenters. The summed E-state index contributed by atoms with van der Waals surface area (Å²) in [7, 11) is 0. The number of aryl methyl sites for hydroxylation is 2. The second-order valence-corrected chi connectivity index (χ2v) is 2.34. The normalized spacial score (nSPS) is 7.67. The fraction of sp³-hybridized carbons (Fsp3) is 0.455.